The lowest BCUT2D eigenvalue weighted by Crippen LogP contribution is -2.14. The summed E-state index contributed by atoms with van der Waals surface area (Å²) in [7, 11) is -4.43. The van der Waals surface area contributed by atoms with Crippen LogP contribution in [-0.4, -0.2) is 13.0 Å². The highest BCUT2D eigenvalue weighted by Gasteiger charge is 2.31. The second-order valence-corrected chi connectivity index (χ2v) is 9.74. The second-order valence-electron chi connectivity index (χ2n) is 8.43. The molecule has 0 aliphatic heterocycles. The van der Waals surface area contributed by atoms with E-state index in [-0.39, 0.29) is 16.7 Å². The molecule has 0 aromatic heterocycles. The van der Waals surface area contributed by atoms with Crippen molar-refractivity contribution in [2.24, 2.45) is 0 Å². The van der Waals surface area contributed by atoms with E-state index in [1.54, 1.807) is 0 Å². The molecule has 3 saturated carbocycles. The van der Waals surface area contributed by atoms with Crippen molar-refractivity contribution >= 4 is 10.1 Å². The zero-order chi connectivity index (χ0) is 17.4. The number of hydrogen-bond donors (Lipinski definition) is 0. The highest BCUT2D eigenvalue weighted by molar-refractivity contribution is 7.85. The molecule has 3 fully saturated rings. The predicted octanol–water partition coefficient (Wildman–Crippen LogP) is 5.56. The average Bonchev–Trinajstić information content (AvgIpc) is 3.36. The smallest absolute Gasteiger partial charge is 0.124 e. The van der Waals surface area contributed by atoms with Crippen LogP contribution in [0.25, 0.3) is 0 Å². The summed E-state index contributed by atoms with van der Waals surface area (Å²) in [5.74, 6) is 1.09. The molecule has 25 heavy (non-hydrogen) atoms. The zero-order valence-corrected chi connectivity index (χ0v) is 15.8. The lowest BCUT2D eigenvalue weighted by molar-refractivity contribution is 0.458. The van der Waals surface area contributed by atoms with Crippen LogP contribution in [0.5, 0.6) is 0 Å². The molecule has 0 heterocycles. The van der Waals surface area contributed by atoms with Gasteiger partial charge >= 0.3 is 0 Å². The molecule has 0 radical (unpaired) electrons. The minimum absolute atomic E-state index is 0.174. The Balaban J connectivity index is 1.88. The van der Waals surface area contributed by atoms with Crippen molar-refractivity contribution in [3.05, 3.63) is 28.8 Å². The van der Waals surface area contributed by atoms with Crippen molar-refractivity contribution in [1.82, 2.24) is 0 Å². The summed E-state index contributed by atoms with van der Waals surface area (Å²) in [5.41, 5.74) is 3.06. The van der Waals surface area contributed by atoms with Gasteiger partial charge in [-0.2, -0.15) is 0 Å². The number of benzene rings is 1. The Morgan fingerprint density at radius 2 is 1.04 bits per heavy atom. The molecule has 0 amide bonds. The van der Waals surface area contributed by atoms with Gasteiger partial charge in [-0.05, 0) is 73.0 Å². The molecule has 0 saturated heterocycles. The van der Waals surface area contributed by atoms with Crippen LogP contribution in [0.3, 0.4) is 0 Å². The molecule has 0 N–H and O–H groups in total. The Bertz CT molecular complexity index is 683. The molecular formula is C21H29O3S-. The predicted molar refractivity (Wildman–Crippen MR) is 98.0 cm³/mol. The molecule has 138 valence electrons. The Kier molecular flexibility index (Phi) is 4.93. The van der Waals surface area contributed by atoms with E-state index in [9.17, 15) is 13.0 Å². The van der Waals surface area contributed by atoms with Crippen LogP contribution in [0.1, 0.15) is 111 Å². The van der Waals surface area contributed by atoms with Crippen LogP contribution in [0.15, 0.2) is 17.0 Å². The van der Waals surface area contributed by atoms with Gasteiger partial charge in [0.25, 0.3) is 0 Å². The van der Waals surface area contributed by atoms with Crippen molar-refractivity contribution < 1.29 is 13.0 Å². The SMILES string of the molecule is O=S(=O)([O-])c1c(C2CCCC2)cc(C2CCCC2)cc1C1CCCC1. The topological polar surface area (TPSA) is 57.2 Å². The standard InChI is InChI=1S/C21H30O3S/c22-25(23,24)21-19(16-9-3-4-10-16)13-18(15-7-1-2-8-15)14-20(21)17-11-5-6-12-17/h13-17H,1-12H2,(H,22,23,24)/p-1. The fourth-order valence-electron chi connectivity index (χ4n) is 5.56. The molecule has 0 atom stereocenters. The molecule has 3 nitrogen and oxygen atoms in total. The maximum absolute atomic E-state index is 12.3. The van der Waals surface area contributed by atoms with Gasteiger partial charge in [0.15, 0.2) is 0 Å². The van der Waals surface area contributed by atoms with Crippen LogP contribution in [-0.2, 0) is 10.1 Å². The first-order valence-corrected chi connectivity index (χ1v) is 11.6. The van der Waals surface area contributed by atoms with Gasteiger partial charge in [0.05, 0.1) is 4.90 Å². The molecule has 0 unspecified atom stereocenters. The summed E-state index contributed by atoms with van der Waals surface area (Å²) in [4.78, 5) is 0.174. The van der Waals surface area contributed by atoms with Crippen LogP contribution < -0.4 is 0 Å². The molecule has 0 spiro atoms. The van der Waals surface area contributed by atoms with Gasteiger partial charge in [0.2, 0.25) is 0 Å². The van der Waals surface area contributed by atoms with E-state index >= 15 is 0 Å². The fourth-order valence-corrected chi connectivity index (χ4v) is 6.59. The summed E-state index contributed by atoms with van der Waals surface area (Å²) < 4.78 is 36.8. The van der Waals surface area contributed by atoms with E-state index in [0.717, 1.165) is 62.5 Å². The molecule has 3 aliphatic carbocycles. The largest absolute Gasteiger partial charge is 0.744 e. The highest BCUT2D eigenvalue weighted by Crippen LogP contribution is 2.46. The third-order valence-electron chi connectivity index (χ3n) is 6.84. The van der Waals surface area contributed by atoms with Crippen molar-refractivity contribution in [2.75, 3.05) is 0 Å². The second kappa shape index (κ2) is 7.03. The van der Waals surface area contributed by atoms with E-state index in [4.69, 9.17) is 0 Å². The van der Waals surface area contributed by atoms with Crippen LogP contribution >= 0.6 is 0 Å². The Labute approximate surface area is 152 Å². The highest BCUT2D eigenvalue weighted by atomic mass is 32.2. The van der Waals surface area contributed by atoms with Gasteiger partial charge in [-0.15, -0.1) is 0 Å². The molecule has 1 aromatic carbocycles. The van der Waals surface area contributed by atoms with Gasteiger partial charge in [0, 0.05) is 0 Å². The van der Waals surface area contributed by atoms with Crippen molar-refractivity contribution in [3.8, 4) is 0 Å². The molecule has 4 heteroatoms. The average molecular weight is 362 g/mol. The first kappa shape index (κ1) is 17.5. The van der Waals surface area contributed by atoms with Gasteiger partial charge in [-0.1, -0.05) is 50.7 Å². The van der Waals surface area contributed by atoms with E-state index in [0.29, 0.717) is 5.92 Å². The number of hydrogen-bond acceptors (Lipinski definition) is 3. The van der Waals surface area contributed by atoms with Crippen LogP contribution in [0, 0.1) is 0 Å². The normalized spacial score (nSPS) is 23.7. The fraction of sp³-hybridized carbons (Fsp3) is 0.714. The van der Waals surface area contributed by atoms with E-state index in [1.807, 2.05) is 0 Å². The molecule has 3 aliphatic rings. The quantitative estimate of drug-likeness (QED) is 0.659. The summed E-state index contributed by atoms with van der Waals surface area (Å²) in [5, 5.41) is 0. The minimum Gasteiger partial charge on any atom is -0.744 e. The van der Waals surface area contributed by atoms with Gasteiger partial charge in [-0.25, -0.2) is 8.42 Å². The number of rotatable bonds is 4. The van der Waals surface area contributed by atoms with Crippen molar-refractivity contribution in [1.29, 1.82) is 0 Å². The molecule has 1 aromatic rings. The Morgan fingerprint density at radius 3 is 1.40 bits per heavy atom. The van der Waals surface area contributed by atoms with E-state index < -0.39 is 10.1 Å². The first-order valence-electron chi connectivity index (χ1n) is 10.2. The van der Waals surface area contributed by atoms with Crippen LogP contribution in [0.4, 0.5) is 0 Å². The Morgan fingerprint density at radius 1 is 0.680 bits per heavy atom. The summed E-state index contributed by atoms with van der Waals surface area (Å²) in [6.07, 6.45) is 13.7. The van der Waals surface area contributed by atoms with E-state index in [2.05, 4.69) is 12.1 Å². The van der Waals surface area contributed by atoms with Crippen molar-refractivity contribution in [3.63, 3.8) is 0 Å². The summed E-state index contributed by atoms with van der Waals surface area (Å²) in [6.45, 7) is 0. The van der Waals surface area contributed by atoms with Gasteiger partial charge < -0.3 is 4.55 Å². The molecule has 4 rings (SSSR count). The summed E-state index contributed by atoms with van der Waals surface area (Å²) >= 11 is 0. The monoisotopic (exact) mass is 361 g/mol. The van der Waals surface area contributed by atoms with Gasteiger partial charge in [-0.3, -0.25) is 0 Å². The first-order chi connectivity index (χ1) is 12.0. The third kappa shape index (κ3) is 3.52. The lowest BCUT2D eigenvalue weighted by atomic mass is 9.85. The van der Waals surface area contributed by atoms with E-state index in [1.165, 1.54) is 31.2 Å². The minimum atomic E-state index is -4.43. The zero-order valence-electron chi connectivity index (χ0n) is 15.0. The summed E-state index contributed by atoms with van der Waals surface area (Å²) in [6, 6.07) is 4.24. The third-order valence-corrected chi connectivity index (χ3v) is 7.81. The molecular weight excluding hydrogens is 332 g/mol. The lowest BCUT2D eigenvalue weighted by Gasteiger charge is -2.26. The van der Waals surface area contributed by atoms with Gasteiger partial charge in [0.1, 0.15) is 10.1 Å². The van der Waals surface area contributed by atoms with Crippen LogP contribution in [0.2, 0.25) is 0 Å². The Hall–Kier alpha value is -0.870. The van der Waals surface area contributed by atoms with Crippen molar-refractivity contribution in [2.45, 2.75) is 99.7 Å². The maximum atomic E-state index is 12.3. The maximum Gasteiger partial charge on any atom is 0.124 e. The molecule has 0 bridgehead atoms.